The number of nitriles is 1. The lowest BCUT2D eigenvalue weighted by molar-refractivity contribution is 0.566. The smallest absolute Gasteiger partial charge is 0.111 e. The predicted octanol–water partition coefficient (Wildman–Crippen LogP) is 1.25. The van der Waals surface area contributed by atoms with E-state index in [0.717, 1.165) is 12.4 Å². The second-order valence-corrected chi connectivity index (χ2v) is 3.66. The summed E-state index contributed by atoms with van der Waals surface area (Å²) in [5.74, 6) is 1.46. The summed E-state index contributed by atoms with van der Waals surface area (Å²) in [6, 6.07) is 1.64. The summed E-state index contributed by atoms with van der Waals surface area (Å²) in [6.45, 7) is 4.97. The molecule has 0 aliphatic rings. The van der Waals surface area contributed by atoms with Crippen LogP contribution in [0.5, 0.6) is 0 Å². The Hall–Kier alpha value is -1.34. The highest BCUT2D eigenvalue weighted by Gasteiger charge is 2.07. The molecule has 1 unspecified atom stereocenters. The standard InChI is InChI=1S/C10H16N4/c1-8(2)10-13-4-6-14(10)5-3-9(12)7-11/h4,6,8-9H,3,5,12H2,1-2H3. The van der Waals surface area contributed by atoms with E-state index in [-0.39, 0.29) is 6.04 Å². The van der Waals surface area contributed by atoms with E-state index in [9.17, 15) is 0 Å². The summed E-state index contributed by atoms with van der Waals surface area (Å²) in [4.78, 5) is 4.26. The number of nitrogens with two attached hydrogens (primary N) is 1. The van der Waals surface area contributed by atoms with Crippen LogP contribution in [-0.2, 0) is 6.54 Å². The van der Waals surface area contributed by atoms with Crippen LogP contribution in [0.1, 0.15) is 32.0 Å². The zero-order valence-electron chi connectivity index (χ0n) is 8.64. The maximum absolute atomic E-state index is 8.54. The summed E-state index contributed by atoms with van der Waals surface area (Å²) in [6.07, 6.45) is 4.39. The van der Waals surface area contributed by atoms with Crippen LogP contribution in [-0.4, -0.2) is 15.6 Å². The molecule has 0 aliphatic carbocycles. The Morgan fingerprint density at radius 3 is 2.93 bits per heavy atom. The summed E-state index contributed by atoms with van der Waals surface area (Å²) in [5, 5.41) is 8.54. The fraction of sp³-hybridized carbons (Fsp3) is 0.600. The van der Waals surface area contributed by atoms with Gasteiger partial charge >= 0.3 is 0 Å². The molecule has 14 heavy (non-hydrogen) atoms. The Bertz CT molecular complexity index is 321. The Morgan fingerprint density at radius 2 is 2.36 bits per heavy atom. The minimum atomic E-state index is -0.377. The van der Waals surface area contributed by atoms with Gasteiger partial charge in [-0.3, -0.25) is 0 Å². The molecule has 1 aromatic heterocycles. The van der Waals surface area contributed by atoms with Gasteiger partial charge in [-0.15, -0.1) is 0 Å². The van der Waals surface area contributed by atoms with E-state index in [0.29, 0.717) is 12.3 Å². The maximum Gasteiger partial charge on any atom is 0.111 e. The first-order chi connectivity index (χ1) is 6.65. The molecule has 1 aromatic rings. The summed E-state index contributed by atoms with van der Waals surface area (Å²) >= 11 is 0. The third kappa shape index (κ3) is 2.57. The molecule has 0 saturated carbocycles. The largest absolute Gasteiger partial charge is 0.335 e. The van der Waals surface area contributed by atoms with Gasteiger partial charge in [0.1, 0.15) is 5.82 Å². The molecule has 4 heteroatoms. The van der Waals surface area contributed by atoms with Gasteiger partial charge in [0, 0.05) is 24.9 Å². The minimum absolute atomic E-state index is 0.377. The molecule has 0 aliphatic heterocycles. The molecule has 0 fully saturated rings. The van der Waals surface area contributed by atoms with Gasteiger partial charge in [-0.05, 0) is 6.42 Å². The zero-order chi connectivity index (χ0) is 10.6. The quantitative estimate of drug-likeness (QED) is 0.780. The van der Waals surface area contributed by atoms with Crippen molar-refractivity contribution in [3.8, 4) is 6.07 Å². The van der Waals surface area contributed by atoms with Crippen LogP contribution in [0.25, 0.3) is 0 Å². The zero-order valence-corrected chi connectivity index (χ0v) is 8.64. The first-order valence-electron chi connectivity index (χ1n) is 4.81. The van der Waals surface area contributed by atoms with Gasteiger partial charge in [-0.25, -0.2) is 4.98 Å². The van der Waals surface area contributed by atoms with Gasteiger partial charge in [-0.2, -0.15) is 5.26 Å². The van der Waals surface area contributed by atoms with Gasteiger partial charge in [0.2, 0.25) is 0 Å². The monoisotopic (exact) mass is 192 g/mol. The molecule has 2 N–H and O–H groups in total. The molecule has 0 bridgehead atoms. The van der Waals surface area contributed by atoms with Gasteiger partial charge in [-0.1, -0.05) is 13.8 Å². The Labute approximate surface area is 84.4 Å². The first-order valence-corrected chi connectivity index (χ1v) is 4.81. The highest BCUT2D eigenvalue weighted by atomic mass is 15.1. The van der Waals surface area contributed by atoms with Gasteiger partial charge in [0.15, 0.2) is 0 Å². The van der Waals surface area contributed by atoms with E-state index < -0.39 is 0 Å². The molecule has 0 radical (unpaired) electrons. The second-order valence-electron chi connectivity index (χ2n) is 3.66. The predicted molar refractivity (Wildman–Crippen MR) is 54.5 cm³/mol. The van der Waals surface area contributed by atoms with E-state index >= 15 is 0 Å². The number of rotatable bonds is 4. The maximum atomic E-state index is 8.54. The van der Waals surface area contributed by atoms with Crippen molar-refractivity contribution in [3.63, 3.8) is 0 Å². The number of hydrogen-bond acceptors (Lipinski definition) is 3. The van der Waals surface area contributed by atoms with E-state index in [1.54, 1.807) is 6.20 Å². The third-order valence-corrected chi connectivity index (χ3v) is 2.11. The van der Waals surface area contributed by atoms with Gasteiger partial charge in [0.05, 0.1) is 12.1 Å². The van der Waals surface area contributed by atoms with Crippen molar-refractivity contribution >= 4 is 0 Å². The van der Waals surface area contributed by atoms with E-state index in [4.69, 9.17) is 11.0 Å². The van der Waals surface area contributed by atoms with Crippen LogP contribution in [0.15, 0.2) is 12.4 Å². The molecule has 1 heterocycles. The highest BCUT2D eigenvalue weighted by molar-refractivity contribution is 4.98. The van der Waals surface area contributed by atoms with E-state index in [1.165, 1.54) is 0 Å². The van der Waals surface area contributed by atoms with Gasteiger partial charge < -0.3 is 10.3 Å². The summed E-state index contributed by atoms with van der Waals surface area (Å²) in [5.41, 5.74) is 5.52. The van der Waals surface area contributed by atoms with Crippen molar-refractivity contribution in [1.29, 1.82) is 5.26 Å². The van der Waals surface area contributed by atoms with Crippen LogP contribution in [0, 0.1) is 11.3 Å². The summed E-state index contributed by atoms with van der Waals surface area (Å²) in [7, 11) is 0. The lowest BCUT2D eigenvalue weighted by Gasteiger charge is -2.10. The van der Waals surface area contributed by atoms with Crippen LogP contribution in [0.3, 0.4) is 0 Å². The van der Waals surface area contributed by atoms with Crippen molar-refractivity contribution in [1.82, 2.24) is 9.55 Å². The van der Waals surface area contributed by atoms with Crippen LogP contribution >= 0.6 is 0 Å². The number of nitrogens with zero attached hydrogens (tertiary/aromatic N) is 3. The first kappa shape index (κ1) is 10.7. The Morgan fingerprint density at radius 1 is 1.64 bits per heavy atom. The second kappa shape index (κ2) is 4.77. The van der Waals surface area contributed by atoms with E-state index in [2.05, 4.69) is 23.4 Å². The SMILES string of the molecule is CC(C)c1nccn1CCC(N)C#N. The average Bonchev–Trinajstić information content (AvgIpc) is 2.62. The minimum Gasteiger partial charge on any atom is -0.335 e. The molecule has 0 amide bonds. The van der Waals surface area contributed by atoms with Crippen molar-refractivity contribution < 1.29 is 0 Å². The molecule has 1 rings (SSSR count). The van der Waals surface area contributed by atoms with Crippen LogP contribution in [0.4, 0.5) is 0 Å². The van der Waals surface area contributed by atoms with Crippen molar-refractivity contribution in [3.05, 3.63) is 18.2 Å². The topological polar surface area (TPSA) is 67.6 Å². The Balaban J connectivity index is 2.59. The number of aryl methyl sites for hydroxylation is 1. The highest BCUT2D eigenvalue weighted by Crippen LogP contribution is 2.12. The van der Waals surface area contributed by atoms with E-state index in [1.807, 2.05) is 12.3 Å². The van der Waals surface area contributed by atoms with Crippen molar-refractivity contribution in [2.75, 3.05) is 0 Å². The molecule has 0 spiro atoms. The molecular weight excluding hydrogens is 176 g/mol. The number of hydrogen-bond donors (Lipinski definition) is 1. The lowest BCUT2D eigenvalue weighted by atomic mass is 10.2. The normalized spacial score (nSPS) is 12.8. The van der Waals surface area contributed by atoms with Crippen molar-refractivity contribution in [2.24, 2.45) is 5.73 Å². The fourth-order valence-electron chi connectivity index (χ4n) is 1.35. The number of aromatic nitrogens is 2. The summed E-state index contributed by atoms with van der Waals surface area (Å²) < 4.78 is 2.06. The molecular formula is C10H16N4. The molecule has 0 saturated heterocycles. The number of imidazole rings is 1. The molecule has 76 valence electrons. The molecule has 1 atom stereocenters. The molecule has 0 aromatic carbocycles. The lowest BCUT2D eigenvalue weighted by Crippen LogP contribution is -2.20. The van der Waals surface area contributed by atoms with Crippen LogP contribution in [0.2, 0.25) is 0 Å². The van der Waals surface area contributed by atoms with Crippen molar-refractivity contribution in [2.45, 2.75) is 38.8 Å². The third-order valence-electron chi connectivity index (χ3n) is 2.11. The van der Waals surface area contributed by atoms with Gasteiger partial charge in [0.25, 0.3) is 0 Å². The van der Waals surface area contributed by atoms with Crippen LogP contribution < -0.4 is 5.73 Å². The average molecular weight is 192 g/mol. The fourth-order valence-corrected chi connectivity index (χ4v) is 1.35. The molecule has 4 nitrogen and oxygen atoms in total. The Kier molecular flexibility index (Phi) is 3.66.